The van der Waals surface area contributed by atoms with Gasteiger partial charge in [-0.1, -0.05) is 0 Å². The minimum absolute atomic E-state index is 0.297. The maximum atomic E-state index is 10.7. The Kier molecular flexibility index (Phi) is 5.28. The number of hydrogen-bond acceptors (Lipinski definition) is 5. The first-order valence-electron chi connectivity index (χ1n) is 6.99. The lowest BCUT2D eigenvalue weighted by molar-refractivity contribution is 0.299. The Morgan fingerprint density at radius 2 is 1.91 bits per heavy atom. The molecule has 7 nitrogen and oxygen atoms in total. The Balaban J connectivity index is 1.93. The third-order valence-corrected chi connectivity index (χ3v) is 3.93. The van der Waals surface area contributed by atoms with Crippen LogP contribution in [0.4, 0.5) is 0 Å². The molecular formula is C14H20N4O3S. The zero-order chi connectivity index (χ0) is 16.2. The molecule has 0 bridgehead atoms. The van der Waals surface area contributed by atoms with Crippen molar-refractivity contribution in [2.24, 2.45) is 5.14 Å². The molecule has 1 aromatic carbocycles. The average molecular weight is 324 g/mol. The largest absolute Gasteiger partial charge is 0.477 e. The van der Waals surface area contributed by atoms with Gasteiger partial charge < -0.3 is 4.74 Å². The molecule has 0 aliphatic carbocycles. The summed E-state index contributed by atoms with van der Waals surface area (Å²) in [5.41, 5.74) is 3.18. The summed E-state index contributed by atoms with van der Waals surface area (Å²) < 4.78 is 29.3. The lowest BCUT2D eigenvalue weighted by Gasteiger charge is -2.09. The molecule has 0 fully saturated rings. The molecule has 0 radical (unpaired) electrons. The molecule has 0 aliphatic rings. The Bertz CT molecular complexity index is 762. The summed E-state index contributed by atoms with van der Waals surface area (Å²) in [5, 5.41) is 5.73. The maximum absolute atomic E-state index is 10.7. The number of unbranched alkanes of at least 4 members (excludes halogenated alkanes) is 1. The molecule has 0 aliphatic heterocycles. The first-order chi connectivity index (χ1) is 10.4. The topological polar surface area (TPSA) is 107 Å². The minimum atomic E-state index is -3.61. The Morgan fingerprint density at radius 1 is 1.18 bits per heavy atom. The van der Waals surface area contributed by atoms with Crippen molar-refractivity contribution in [3.8, 4) is 5.88 Å². The Hall–Kier alpha value is -1.77. The van der Waals surface area contributed by atoms with Gasteiger partial charge in [-0.15, -0.1) is 0 Å². The van der Waals surface area contributed by atoms with E-state index in [0.717, 1.165) is 16.5 Å². The van der Waals surface area contributed by atoms with Crippen molar-refractivity contribution < 1.29 is 13.2 Å². The molecular weight excluding hydrogens is 304 g/mol. The summed E-state index contributed by atoms with van der Waals surface area (Å²) in [6.07, 6.45) is 2.81. The molecule has 22 heavy (non-hydrogen) atoms. The van der Waals surface area contributed by atoms with Crippen molar-refractivity contribution >= 4 is 21.1 Å². The SMILES string of the molecule is Cc1cc2ncnc(OCCCCNS(N)(=O)=O)c2cc1C. The summed E-state index contributed by atoms with van der Waals surface area (Å²) in [7, 11) is -3.61. The summed E-state index contributed by atoms with van der Waals surface area (Å²) in [6.45, 7) is 4.82. The second-order valence-electron chi connectivity index (χ2n) is 5.13. The van der Waals surface area contributed by atoms with Crippen molar-refractivity contribution in [3.05, 3.63) is 29.6 Å². The molecule has 2 rings (SSSR count). The molecule has 0 amide bonds. The van der Waals surface area contributed by atoms with E-state index in [1.54, 1.807) is 0 Å². The first kappa shape index (κ1) is 16.6. The van der Waals surface area contributed by atoms with Crippen LogP contribution >= 0.6 is 0 Å². The lowest BCUT2D eigenvalue weighted by atomic mass is 10.1. The molecule has 0 unspecified atom stereocenters. The second-order valence-corrected chi connectivity index (χ2v) is 6.51. The van der Waals surface area contributed by atoms with Crippen molar-refractivity contribution in [3.63, 3.8) is 0 Å². The fraction of sp³-hybridized carbons (Fsp3) is 0.429. The highest BCUT2D eigenvalue weighted by atomic mass is 32.2. The average Bonchev–Trinajstić information content (AvgIpc) is 2.43. The number of fused-ring (bicyclic) bond motifs is 1. The van der Waals surface area contributed by atoms with Gasteiger partial charge in [0.05, 0.1) is 17.5 Å². The Morgan fingerprint density at radius 3 is 2.64 bits per heavy atom. The van der Waals surface area contributed by atoms with Gasteiger partial charge in [-0.3, -0.25) is 0 Å². The third-order valence-electron chi connectivity index (χ3n) is 3.33. The number of aryl methyl sites for hydroxylation is 2. The molecule has 1 aromatic heterocycles. The van der Waals surface area contributed by atoms with Gasteiger partial charge in [-0.05, 0) is 49.9 Å². The number of aromatic nitrogens is 2. The molecule has 2 aromatic rings. The van der Waals surface area contributed by atoms with Crippen LogP contribution in [0.15, 0.2) is 18.5 Å². The van der Waals surface area contributed by atoms with E-state index in [1.807, 2.05) is 26.0 Å². The van der Waals surface area contributed by atoms with Crippen LogP contribution in [0.1, 0.15) is 24.0 Å². The van der Waals surface area contributed by atoms with E-state index < -0.39 is 10.2 Å². The predicted octanol–water partition coefficient (Wildman–Crippen LogP) is 1.20. The van der Waals surface area contributed by atoms with Gasteiger partial charge in [-0.2, -0.15) is 8.42 Å². The van der Waals surface area contributed by atoms with Gasteiger partial charge in [0.1, 0.15) is 6.33 Å². The number of nitrogens with zero attached hydrogens (tertiary/aromatic N) is 2. The van der Waals surface area contributed by atoms with Crippen molar-refractivity contribution in [1.82, 2.24) is 14.7 Å². The highest BCUT2D eigenvalue weighted by Gasteiger charge is 2.07. The van der Waals surface area contributed by atoms with Crippen molar-refractivity contribution in [2.75, 3.05) is 13.2 Å². The number of benzene rings is 1. The van der Waals surface area contributed by atoms with Crippen LogP contribution < -0.4 is 14.6 Å². The molecule has 3 N–H and O–H groups in total. The number of rotatable bonds is 7. The smallest absolute Gasteiger partial charge is 0.274 e. The van der Waals surface area contributed by atoms with Crippen LogP contribution in [0.5, 0.6) is 5.88 Å². The van der Waals surface area contributed by atoms with Crippen LogP contribution in [-0.4, -0.2) is 31.5 Å². The zero-order valence-electron chi connectivity index (χ0n) is 12.7. The molecule has 0 spiro atoms. The minimum Gasteiger partial charge on any atom is -0.477 e. The second kappa shape index (κ2) is 6.99. The van der Waals surface area contributed by atoms with Gasteiger partial charge in [0.15, 0.2) is 0 Å². The van der Waals surface area contributed by atoms with Crippen molar-refractivity contribution in [2.45, 2.75) is 26.7 Å². The highest BCUT2D eigenvalue weighted by Crippen LogP contribution is 2.24. The number of ether oxygens (including phenoxy) is 1. The lowest BCUT2D eigenvalue weighted by Crippen LogP contribution is -2.31. The van der Waals surface area contributed by atoms with E-state index >= 15 is 0 Å². The monoisotopic (exact) mass is 324 g/mol. The van der Waals surface area contributed by atoms with Gasteiger partial charge in [0.2, 0.25) is 5.88 Å². The molecule has 120 valence electrons. The van der Waals surface area contributed by atoms with E-state index in [1.165, 1.54) is 11.9 Å². The summed E-state index contributed by atoms with van der Waals surface area (Å²) >= 11 is 0. The first-order valence-corrected chi connectivity index (χ1v) is 8.53. The maximum Gasteiger partial charge on any atom is 0.274 e. The van der Waals surface area contributed by atoms with Gasteiger partial charge in [-0.25, -0.2) is 19.8 Å². The number of nitrogens with two attached hydrogens (primary N) is 1. The van der Waals surface area contributed by atoms with Crippen LogP contribution in [0.3, 0.4) is 0 Å². The van der Waals surface area contributed by atoms with Crippen LogP contribution in [-0.2, 0) is 10.2 Å². The van der Waals surface area contributed by atoms with E-state index in [4.69, 9.17) is 9.88 Å². The predicted molar refractivity (Wildman–Crippen MR) is 84.9 cm³/mol. The van der Waals surface area contributed by atoms with E-state index in [9.17, 15) is 8.42 Å². The summed E-state index contributed by atoms with van der Waals surface area (Å²) in [4.78, 5) is 8.42. The fourth-order valence-electron chi connectivity index (χ4n) is 2.02. The molecule has 1 heterocycles. The zero-order valence-corrected chi connectivity index (χ0v) is 13.5. The summed E-state index contributed by atoms with van der Waals surface area (Å²) in [6, 6.07) is 4.03. The molecule has 0 atom stereocenters. The normalized spacial score (nSPS) is 11.8. The molecule has 8 heteroatoms. The standard InChI is InChI=1S/C14H20N4O3S/c1-10-7-12-13(8-11(10)2)16-9-17-14(12)21-6-4-3-5-18-22(15,19)20/h7-9,18H,3-6H2,1-2H3,(H2,15,19,20). The summed E-state index contributed by atoms with van der Waals surface area (Å²) in [5.74, 6) is 0.549. The Labute approximate surface area is 130 Å². The van der Waals surface area contributed by atoms with E-state index in [2.05, 4.69) is 14.7 Å². The van der Waals surface area contributed by atoms with Crippen LogP contribution in [0.2, 0.25) is 0 Å². The van der Waals surface area contributed by atoms with Crippen molar-refractivity contribution in [1.29, 1.82) is 0 Å². The van der Waals surface area contributed by atoms with Gasteiger partial charge >= 0.3 is 0 Å². The quantitative estimate of drug-likeness (QED) is 0.744. The van der Waals surface area contributed by atoms with E-state index in [-0.39, 0.29) is 0 Å². The molecule has 0 saturated heterocycles. The van der Waals surface area contributed by atoms with Crippen LogP contribution in [0.25, 0.3) is 10.9 Å². The molecule has 0 saturated carbocycles. The van der Waals surface area contributed by atoms with Crippen LogP contribution in [0, 0.1) is 13.8 Å². The fourth-order valence-corrected chi connectivity index (χ4v) is 2.45. The number of nitrogens with one attached hydrogen (secondary N) is 1. The third kappa shape index (κ3) is 4.62. The van der Waals surface area contributed by atoms with Gasteiger partial charge in [0, 0.05) is 6.54 Å². The van der Waals surface area contributed by atoms with E-state index in [0.29, 0.717) is 31.9 Å². The van der Waals surface area contributed by atoms with Gasteiger partial charge in [0.25, 0.3) is 10.2 Å². The number of hydrogen-bond donors (Lipinski definition) is 2. The highest BCUT2D eigenvalue weighted by molar-refractivity contribution is 7.87.